The average molecular weight is 401 g/mol. The number of nitrogens with one attached hydrogen (secondary N) is 1. The van der Waals surface area contributed by atoms with Gasteiger partial charge in [0, 0.05) is 22.5 Å². The summed E-state index contributed by atoms with van der Waals surface area (Å²) in [5.41, 5.74) is 2.18. The molecule has 1 aliphatic rings. The molecule has 1 N–H and O–H groups in total. The number of benzene rings is 1. The monoisotopic (exact) mass is 401 g/mol. The van der Waals surface area contributed by atoms with Gasteiger partial charge >= 0.3 is 0 Å². The van der Waals surface area contributed by atoms with Crippen LogP contribution in [-0.2, 0) is 6.42 Å². The van der Waals surface area contributed by atoms with E-state index in [1.54, 1.807) is 6.07 Å². The van der Waals surface area contributed by atoms with Crippen LogP contribution in [0.3, 0.4) is 0 Å². The lowest BCUT2D eigenvalue weighted by atomic mass is 9.93. The summed E-state index contributed by atoms with van der Waals surface area (Å²) in [6.45, 7) is 2.05. The molecular formula is C16H17FINS. The molecule has 1 nitrogen and oxygen atoms in total. The fraction of sp³-hybridized carbons (Fsp3) is 0.375. The minimum Gasteiger partial charge on any atom is -0.303 e. The second kappa shape index (κ2) is 6.12. The van der Waals surface area contributed by atoms with Gasteiger partial charge in [-0.1, -0.05) is 18.2 Å². The third-order valence-corrected chi connectivity index (χ3v) is 5.88. The normalized spacial score (nSPS) is 19.6. The van der Waals surface area contributed by atoms with Gasteiger partial charge in [-0.25, -0.2) is 4.39 Å². The first kappa shape index (κ1) is 14.5. The average Bonchev–Trinajstić information content (AvgIpc) is 2.80. The molecule has 0 saturated heterocycles. The van der Waals surface area contributed by atoms with Gasteiger partial charge in [0.1, 0.15) is 5.82 Å². The van der Waals surface area contributed by atoms with E-state index in [4.69, 9.17) is 0 Å². The van der Waals surface area contributed by atoms with E-state index in [0.717, 1.165) is 12.0 Å². The van der Waals surface area contributed by atoms with Crippen molar-refractivity contribution in [2.75, 3.05) is 0 Å². The van der Waals surface area contributed by atoms with Gasteiger partial charge in [-0.05, 0) is 66.5 Å². The van der Waals surface area contributed by atoms with E-state index in [-0.39, 0.29) is 11.9 Å². The lowest BCUT2D eigenvalue weighted by Gasteiger charge is -2.27. The van der Waals surface area contributed by atoms with E-state index in [2.05, 4.69) is 34.0 Å². The summed E-state index contributed by atoms with van der Waals surface area (Å²) in [6, 6.07) is 9.72. The van der Waals surface area contributed by atoms with Crippen molar-refractivity contribution in [3.63, 3.8) is 0 Å². The number of hydrogen-bond donors (Lipinski definition) is 1. The first-order valence-electron chi connectivity index (χ1n) is 6.93. The van der Waals surface area contributed by atoms with Crippen LogP contribution in [0.1, 0.15) is 47.9 Å². The number of aryl methyl sites for hydroxylation is 1. The topological polar surface area (TPSA) is 12.0 Å². The minimum atomic E-state index is -0.122. The summed E-state index contributed by atoms with van der Waals surface area (Å²) < 4.78 is 15.2. The van der Waals surface area contributed by atoms with Crippen LogP contribution in [0, 0.1) is 8.70 Å². The number of thiophene rings is 1. The van der Waals surface area contributed by atoms with Crippen molar-refractivity contribution in [1.82, 2.24) is 5.32 Å². The number of halogens is 2. The highest BCUT2D eigenvalue weighted by Gasteiger charge is 2.24. The van der Waals surface area contributed by atoms with Crippen LogP contribution in [-0.4, -0.2) is 0 Å². The van der Waals surface area contributed by atoms with E-state index in [0.29, 0.717) is 6.04 Å². The molecule has 3 rings (SSSR count). The van der Waals surface area contributed by atoms with E-state index in [1.165, 1.54) is 32.2 Å². The quantitative estimate of drug-likeness (QED) is 0.696. The molecule has 0 aliphatic heterocycles. The summed E-state index contributed by atoms with van der Waals surface area (Å²) in [4.78, 5) is 1.50. The molecule has 1 aliphatic carbocycles. The number of rotatable bonds is 3. The SMILES string of the molecule is C[C@@H](NC1CCCc2sc(I)cc21)c1ccccc1F. The standard InChI is InChI=1S/C16H17FINS/c1-10(11-5-2-3-6-13(11)17)19-14-7-4-8-15-12(14)9-16(18)20-15/h2-3,5-6,9-10,14,19H,4,7-8H2,1H3/t10-,14?/m1/s1. The molecule has 106 valence electrons. The molecule has 1 aromatic carbocycles. The van der Waals surface area contributed by atoms with Crippen LogP contribution in [0.4, 0.5) is 4.39 Å². The van der Waals surface area contributed by atoms with Gasteiger partial charge in [-0.3, -0.25) is 0 Å². The Balaban J connectivity index is 1.80. The lowest BCUT2D eigenvalue weighted by molar-refractivity contribution is 0.410. The Kier molecular flexibility index (Phi) is 4.43. The maximum atomic E-state index is 13.9. The van der Waals surface area contributed by atoms with Gasteiger partial charge in [-0.15, -0.1) is 11.3 Å². The molecule has 0 saturated carbocycles. The summed E-state index contributed by atoms with van der Waals surface area (Å²) in [6.07, 6.45) is 3.54. The number of hydrogen-bond acceptors (Lipinski definition) is 2. The molecule has 0 fully saturated rings. The molecule has 1 heterocycles. The van der Waals surface area contributed by atoms with Crippen LogP contribution in [0.25, 0.3) is 0 Å². The Bertz CT molecular complexity index is 610. The summed E-state index contributed by atoms with van der Waals surface area (Å²) in [5, 5.41) is 3.61. The van der Waals surface area contributed by atoms with Crippen LogP contribution >= 0.6 is 33.9 Å². The molecule has 0 spiro atoms. The predicted octanol–water partition coefficient (Wildman–Crippen LogP) is 5.22. The van der Waals surface area contributed by atoms with Crippen LogP contribution < -0.4 is 5.32 Å². The fourth-order valence-electron chi connectivity index (χ4n) is 2.91. The molecule has 20 heavy (non-hydrogen) atoms. The second-order valence-corrected chi connectivity index (χ2v) is 8.31. The molecular weight excluding hydrogens is 384 g/mol. The zero-order valence-electron chi connectivity index (χ0n) is 11.3. The van der Waals surface area contributed by atoms with Gasteiger partial charge in [-0.2, -0.15) is 0 Å². The fourth-order valence-corrected chi connectivity index (χ4v) is 5.03. The smallest absolute Gasteiger partial charge is 0.127 e. The summed E-state index contributed by atoms with van der Waals surface area (Å²) in [7, 11) is 0. The largest absolute Gasteiger partial charge is 0.303 e. The Morgan fingerprint density at radius 1 is 1.40 bits per heavy atom. The first-order chi connectivity index (χ1) is 9.65. The third-order valence-electron chi connectivity index (χ3n) is 3.91. The van der Waals surface area contributed by atoms with E-state index in [9.17, 15) is 4.39 Å². The number of fused-ring (bicyclic) bond motifs is 1. The van der Waals surface area contributed by atoms with Crippen molar-refractivity contribution in [3.05, 3.63) is 55.0 Å². The zero-order chi connectivity index (χ0) is 14.1. The van der Waals surface area contributed by atoms with Gasteiger partial charge in [0.2, 0.25) is 0 Å². The minimum absolute atomic E-state index is 0.0321. The van der Waals surface area contributed by atoms with Gasteiger partial charge in [0.05, 0.1) is 2.88 Å². The molecule has 1 aromatic heterocycles. The maximum absolute atomic E-state index is 13.9. The van der Waals surface area contributed by atoms with Gasteiger partial charge in [0.15, 0.2) is 0 Å². The Hall–Kier alpha value is -0.460. The molecule has 1 unspecified atom stereocenters. The molecule has 0 bridgehead atoms. The Labute approximate surface area is 136 Å². The van der Waals surface area contributed by atoms with Crippen LogP contribution in [0.2, 0.25) is 0 Å². The van der Waals surface area contributed by atoms with Gasteiger partial charge < -0.3 is 5.32 Å². The highest BCUT2D eigenvalue weighted by Crippen LogP contribution is 2.37. The van der Waals surface area contributed by atoms with Crippen LogP contribution in [0.5, 0.6) is 0 Å². The molecule has 2 aromatic rings. The highest BCUT2D eigenvalue weighted by atomic mass is 127. The lowest BCUT2D eigenvalue weighted by Crippen LogP contribution is -2.27. The third kappa shape index (κ3) is 2.92. The molecule has 4 heteroatoms. The van der Waals surface area contributed by atoms with Gasteiger partial charge in [0.25, 0.3) is 0 Å². The highest BCUT2D eigenvalue weighted by molar-refractivity contribution is 14.1. The predicted molar refractivity (Wildman–Crippen MR) is 90.7 cm³/mol. The second-order valence-electron chi connectivity index (χ2n) is 5.28. The van der Waals surface area contributed by atoms with Crippen molar-refractivity contribution in [1.29, 1.82) is 0 Å². The molecule has 0 amide bonds. The summed E-state index contributed by atoms with van der Waals surface area (Å²) >= 11 is 4.28. The maximum Gasteiger partial charge on any atom is 0.127 e. The van der Waals surface area contributed by atoms with Crippen molar-refractivity contribution in [2.24, 2.45) is 0 Å². The Morgan fingerprint density at radius 3 is 3.00 bits per heavy atom. The molecule has 0 radical (unpaired) electrons. The van der Waals surface area contributed by atoms with Crippen molar-refractivity contribution in [3.8, 4) is 0 Å². The van der Waals surface area contributed by atoms with Crippen LogP contribution in [0.15, 0.2) is 30.3 Å². The van der Waals surface area contributed by atoms with E-state index >= 15 is 0 Å². The van der Waals surface area contributed by atoms with Crippen molar-refractivity contribution >= 4 is 33.9 Å². The first-order valence-corrected chi connectivity index (χ1v) is 8.83. The summed E-state index contributed by atoms with van der Waals surface area (Å²) in [5.74, 6) is -0.122. The van der Waals surface area contributed by atoms with E-state index in [1.807, 2.05) is 30.4 Å². The van der Waals surface area contributed by atoms with E-state index < -0.39 is 0 Å². The van der Waals surface area contributed by atoms with Crippen molar-refractivity contribution in [2.45, 2.75) is 38.3 Å². The Morgan fingerprint density at radius 2 is 2.20 bits per heavy atom. The van der Waals surface area contributed by atoms with Crippen molar-refractivity contribution < 1.29 is 4.39 Å². The molecule has 2 atom stereocenters. The zero-order valence-corrected chi connectivity index (χ0v) is 14.3.